The zero-order valence-electron chi connectivity index (χ0n) is 7.02. The van der Waals surface area contributed by atoms with Gasteiger partial charge in [0.05, 0.1) is 10.3 Å². The number of nitriles is 1. The van der Waals surface area contributed by atoms with Gasteiger partial charge in [-0.05, 0) is 12.1 Å². The van der Waals surface area contributed by atoms with E-state index in [0.717, 1.165) is 16.4 Å². The van der Waals surface area contributed by atoms with E-state index < -0.39 is 0 Å². The van der Waals surface area contributed by atoms with Crippen LogP contribution in [0, 0.1) is 11.3 Å². The number of thiol groups is 1. The Balaban J connectivity index is 2.91. The van der Waals surface area contributed by atoms with Crippen molar-refractivity contribution in [1.82, 2.24) is 0 Å². The summed E-state index contributed by atoms with van der Waals surface area (Å²) in [6.07, 6.45) is 0.799. The Labute approximate surface area is 90.2 Å². The van der Waals surface area contributed by atoms with Crippen molar-refractivity contribution in [2.75, 3.05) is 0 Å². The molecule has 0 atom stereocenters. The van der Waals surface area contributed by atoms with Crippen molar-refractivity contribution in [3.63, 3.8) is 0 Å². The summed E-state index contributed by atoms with van der Waals surface area (Å²) < 4.78 is 0.854. The molecule has 14 heavy (non-hydrogen) atoms. The number of thiophene rings is 1. The fraction of sp³-hybridized carbons (Fsp3) is 0. The maximum Gasteiger partial charge on any atom is 0.151 e. The van der Waals surface area contributed by atoms with Gasteiger partial charge in [0.1, 0.15) is 6.07 Å². The molecule has 1 aromatic carbocycles. The van der Waals surface area contributed by atoms with Gasteiger partial charge < -0.3 is 0 Å². The van der Waals surface area contributed by atoms with Gasteiger partial charge in [-0.25, -0.2) is 0 Å². The summed E-state index contributed by atoms with van der Waals surface area (Å²) in [5, 5.41) is 11.4. The minimum Gasteiger partial charge on any atom is -0.298 e. The fourth-order valence-corrected chi connectivity index (χ4v) is 2.54. The molecule has 0 bridgehead atoms. The van der Waals surface area contributed by atoms with Crippen LogP contribution in [-0.2, 0) is 0 Å². The highest BCUT2D eigenvalue weighted by atomic mass is 32.1. The van der Waals surface area contributed by atoms with Crippen LogP contribution in [0.1, 0.15) is 15.9 Å². The maximum atomic E-state index is 10.7. The van der Waals surface area contributed by atoms with Gasteiger partial charge in [0.15, 0.2) is 6.29 Å². The number of aldehydes is 1. The predicted molar refractivity (Wildman–Crippen MR) is 59.2 cm³/mol. The molecule has 0 aliphatic heterocycles. The van der Waals surface area contributed by atoms with E-state index in [1.165, 1.54) is 11.3 Å². The Hall–Kier alpha value is -1.31. The first kappa shape index (κ1) is 9.25. The number of hydrogen-bond donors (Lipinski definition) is 1. The number of hydrogen-bond acceptors (Lipinski definition) is 4. The second-order valence-corrected chi connectivity index (χ2v) is 4.19. The van der Waals surface area contributed by atoms with Crippen LogP contribution in [0.4, 0.5) is 0 Å². The number of fused-ring (bicyclic) bond motifs is 1. The van der Waals surface area contributed by atoms with Crippen LogP contribution in [0.25, 0.3) is 10.1 Å². The lowest BCUT2D eigenvalue weighted by molar-refractivity contribution is 0.112. The third-order valence-electron chi connectivity index (χ3n) is 1.94. The Kier molecular flexibility index (Phi) is 2.28. The minimum atomic E-state index is 0.575. The molecule has 2 rings (SSSR count). The molecule has 0 saturated heterocycles. The lowest BCUT2D eigenvalue weighted by Crippen LogP contribution is -1.79. The normalized spacial score (nSPS) is 10.0. The molecule has 0 saturated carbocycles. The van der Waals surface area contributed by atoms with Crippen molar-refractivity contribution >= 4 is 40.3 Å². The minimum absolute atomic E-state index is 0.575. The molecule has 0 N–H and O–H groups in total. The lowest BCUT2D eigenvalue weighted by Gasteiger charge is -1.96. The molecule has 0 radical (unpaired) electrons. The van der Waals surface area contributed by atoms with E-state index in [-0.39, 0.29) is 0 Å². The molecule has 0 aliphatic carbocycles. The molecular formula is C10H5NOS2. The second-order valence-electron chi connectivity index (χ2n) is 2.79. The maximum absolute atomic E-state index is 10.7. The summed E-state index contributed by atoms with van der Waals surface area (Å²) in [6, 6.07) is 5.60. The first-order valence-corrected chi connectivity index (χ1v) is 5.18. The zero-order valence-corrected chi connectivity index (χ0v) is 8.73. The van der Waals surface area contributed by atoms with Gasteiger partial charge in [0, 0.05) is 21.2 Å². The van der Waals surface area contributed by atoms with Crippen molar-refractivity contribution < 1.29 is 4.79 Å². The molecule has 2 nitrogen and oxygen atoms in total. The number of carbonyl (C=O) groups excluding carboxylic acids is 1. The molecule has 0 fully saturated rings. The number of rotatable bonds is 1. The molecule has 0 aliphatic rings. The highest BCUT2D eigenvalue weighted by Crippen LogP contribution is 2.30. The molecule has 68 valence electrons. The van der Waals surface area contributed by atoms with Crippen LogP contribution in [-0.4, -0.2) is 6.29 Å². The lowest BCUT2D eigenvalue weighted by atomic mass is 10.1. The Morgan fingerprint density at radius 2 is 2.29 bits per heavy atom. The van der Waals surface area contributed by atoms with Gasteiger partial charge in [0.2, 0.25) is 0 Å². The highest BCUT2D eigenvalue weighted by molar-refractivity contribution is 7.80. The third kappa shape index (κ3) is 1.31. The van der Waals surface area contributed by atoms with Crippen LogP contribution >= 0.6 is 24.0 Å². The number of carbonyl (C=O) groups is 1. The van der Waals surface area contributed by atoms with Gasteiger partial charge in [0.25, 0.3) is 0 Å². The number of benzene rings is 1. The predicted octanol–water partition coefficient (Wildman–Crippen LogP) is 2.87. The molecular weight excluding hydrogens is 214 g/mol. The SMILES string of the molecule is N#Cc1cc(S)cc2c(C=O)csc12. The van der Waals surface area contributed by atoms with Gasteiger partial charge in [-0.2, -0.15) is 5.26 Å². The summed E-state index contributed by atoms with van der Waals surface area (Å²) in [6.45, 7) is 0. The molecule has 4 heteroatoms. The third-order valence-corrected chi connectivity index (χ3v) is 3.24. The van der Waals surface area contributed by atoms with Crippen molar-refractivity contribution in [2.45, 2.75) is 4.90 Å². The average Bonchev–Trinajstić information content (AvgIpc) is 2.59. The van der Waals surface area contributed by atoms with Crippen molar-refractivity contribution in [3.05, 3.63) is 28.6 Å². The van der Waals surface area contributed by atoms with Crippen LogP contribution in [0.15, 0.2) is 22.4 Å². The summed E-state index contributed by atoms with van der Waals surface area (Å²) in [5.74, 6) is 0. The topological polar surface area (TPSA) is 40.9 Å². The van der Waals surface area contributed by atoms with Crippen molar-refractivity contribution in [3.8, 4) is 6.07 Å². The largest absolute Gasteiger partial charge is 0.298 e. The van der Waals surface area contributed by atoms with Gasteiger partial charge >= 0.3 is 0 Å². The van der Waals surface area contributed by atoms with E-state index in [2.05, 4.69) is 18.7 Å². The second kappa shape index (κ2) is 3.45. The summed E-state index contributed by atoms with van der Waals surface area (Å²) in [4.78, 5) is 11.4. The van der Waals surface area contributed by atoms with E-state index >= 15 is 0 Å². The summed E-state index contributed by atoms with van der Waals surface area (Å²) in [5.41, 5.74) is 1.20. The molecule has 1 aromatic heterocycles. The molecule has 0 amide bonds. The Bertz CT molecular complexity index is 551. The van der Waals surface area contributed by atoms with Crippen molar-refractivity contribution in [2.24, 2.45) is 0 Å². The fourth-order valence-electron chi connectivity index (χ4n) is 1.32. The standard InChI is InChI=1S/C10H5NOS2/c11-3-6-1-8(13)2-9-7(4-12)5-14-10(6)9/h1-2,4-5,13H. The average molecular weight is 219 g/mol. The monoisotopic (exact) mass is 219 g/mol. The van der Waals surface area contributed by atoms with E-state index in [1.807, 2.05) is 0 Å². The Morgan fingerprint density at radius 1 is 1.50 bits per heavy atom. The zero-order chi connectivity index (χ0) is 10.1. The van der Waals surface area contributed by atoms with E-state index in [9.17, 15) is 4.79 Å². The first-order valence-electron chi connectivity index (χ1n) is 3.85. The highest BCUT2D eigenvalue weighted by Gasteiger charge is 2.08. The van der Waals surface area contributed by atoms with Crippen molar-refractivity contribution in [1.29, 1.82) is 5.26 Å². The van der Waals surface area contributed by atoms with Gasteiger partial charge in [-0.1, -0.05) is 0 Å². The molecule has 0 unspecified atom stereocenters. The van der Waals surface area contributed by atoms with E-state index in [0.29, 0.717) is 16.0 Å². The smallest absolute Gasteiger partial charge is 0.151 e. The molecule has 0 spiro atoms. The van der Waals surface area contributed by atoms with E-state index in [1.54, 1.807) is 17.5 Å². The van der Waals surface area contributed by atoms with Crippen LogP contribution in [0.3, 0.4) is 0 Å². The molecule has 1 heterocycles. The van der Waals surface area contributed by atoms with E-state index in [4.69, 9.17) is 5.26 Å². The van der Waals surface area contributed by atoms with Crippen LogP contribution in [0.2, 0.25) is 0 Å². The van der Waals surface area contributed by atoms with Gasteiger partial charge in [-0.15, -0.1) is 24.0 Å². The molecule has 2 aromatic rings. The Morgan fingerprint density at radius 3 is 2.93 bits per heavy atom. The summed E-state index contributed by atoms with van der Waals surface area (Å²) in [7, 11) is 0. The van der Waals surface area contributed by atoms with Gasteiger partial charge in [-0.3, -0.25) is 4.79 Å². The van der Waals surface area contributed by atoms with Crippen LogP contribution in [0.5, 0.6) is 0 Å². The summed E-state index contributed by atoms with van der Waals surface area (Å²) >= 11 is 5.59. The first-order chi connectivity index (χ1) is 6.76. The number of nitrogens with zero attached hydrogens (tertiary/aromatic N) is 1. The van der Waals surface area contributed by atoms with Crippen LogP contribution < -0.4 is 0 Å². The quantitative estimate of drug-likeness (QED) is 0.592.